The highest BCUT2D eigenvalue weighted by Crippen LogP contribution is 2.26. The van der Waals surface area contributed by atoms with Crippen LogP contribution in [0.2, 0.25) is 0 Å². The molecule has 1 aliphatic rings. The van der Waals surface area contributed by atoms with Crippen LogP contribution in [0.3, 0.4) is 0 Å². The van der Waals surface area contributed by atoms with Crippen molar-refractivity contribution in [3.05, 3.63) is 35.4 Å². The maximum atomic E-state index is 6.16. The molecule has 0 bridgehead atoms. The van der Waals surface area contributed by atoms with Crippen molar-refractivity contribution in [2.24, 2.45) is 11.7 Å². The monoisotopic (exact) mass is 247 g/mol. The zero-order chi connectivity index (χ0) is 13.0. The lowest BCUT2D eigenvalue weighted by Crippen LogP contribution is -2.25. The Bertz CT molecular complexity index is 352. The molecule has 2 rings (SSSR count). The van der Waals surface area contributed by atoms with Crippen molar-refractivity contribution in [3.8, 4) is 0 Å². The van der Waals surface area contributed by atoms with Crippen LogP contribution in [0, 0.1) is 12.8 Å². The zero-order valence-electron chi connectivity index (χ0n) is 11.6. The molecule has 1 aromatic carbocycles. The summed E-state index contributed by atoms with van der Waals surface area (Å²) >= 11 is 0. The average molecular weight is 247 g/mol. The quantitative estimate of drug-likeness (QED) is 0.882. The average Bonchev–Trinajstić information content (AvgIpc) is 2.38. The fourth-order valence-corrected chi connectivity index (χ4v) is 2.55. The number of ether oxygens (including phenoxy) is 1. The fraction of sp³-hybridized carbons (Fsp3) is 0.625. The van der Waals surface area contributed by atoms with Crippen molar-refractivity contribution in [1.82, 2.24) is 0 Å². The first-order valence-corrected chi connectivity index (χ1v) is 7.09. The molecule has 0 saturated heterocycles. The molecule has 1 aromatic rings. The van der Waals surface area contributed by atoms with Crippen LogP contribution in [0.1, 0.15) is 49.8 Å². The summed E-state index contributed by atoms with van der Waals surface area (Å²) in [6.45, 7) is 5.06. The molecule has 0 spiro atoms. The SMILES string of the molecule is Cc1ccc(C(N)COC2CCC(C)CC2)cc1. The summed E-state index contributed by atoms with van der Waals surface area (Å²) in [6.07, 6.45) is 5.41. The second-order valence-electron chi connectivity index (χ2n) is 5.73. The second-order valence-corrected chi connectivity index (χ2v) is 5.73. The van der Waals surface area contributed by atoms with Crippen LogP contribution in [0.15, 0.2) is 24.3 Å². The number of rotatable bonds is 4. The molecule has 0 radical (unpaired) electrons. The lowest BCUT2D eigenvalue weighted by atomic mass is 9.89. The van der Waals surface area contributed by atoms with Crippen molar-refractivity contribution < 1.29 is 4.74 Å². The zero-order valence-corrected chi connectivity index (χ0v) is 11.6. The normalized spacial score (nSPS) is 25.9. The van der Waals surface area contributed by atoms with Crippen molar-refractivity contribution in [1.29, 1.82) is 0 Å². The number of hydrogen-bond acceptors (Lipinski definition) is 2. The Hall–Kier alpha value is -0.860. The topological polar surface area (TPSA) is 35.2 Å². The lowest BCUT2D eigenvalue weighted by molar-refractivity contribution is 0.0126. The summed E-state index contributed by atoms with van der Waals surface area (Å²) in [5.41, 5.74) is 8.61. The van der Waals surface area contributed by atoms with Gasteiger partial charge in [-0.2, -0.15) is 0 Å². The smallest absolute Gasteiger partial charge is 0.0663 e. The predicted octanol–water partition coefficient (Wildman–Crippen LogP) is 3.59. The highest BCUT2D eigenvalue weighted by atomic mass is 16.5. The Labute approximate surface area is 111 Å². The van der Waals surface area contributed by atoms with Gasteiger partial charge < -0.3 is 10.5 Å². The van der Waals surface area contributed by atoms with Gasteiger partial charge in [-0.15, -0.1) is 0 Å². The van der Waals surface area contributed by atoms with Crippen LogP contribution >= 0.6 is 0 Å². The number of benzene rings is 1. The van der Waals surface area contributed by atoms with E-state index in [0.717, 1.165) is 5.92 Å². The minimum atomic E-state index is 0.00458. The van der Waals surface area contributed by atoms with Crippen molar-refractivity contribution in [2.45, 2.75) is 51.7 Å². The van der Waals surface area contributed by atoms with Gasteiger partial charge in [0.25, 0.3) is 0 Å². The molecule has 0 aliphatic heterocycles. The summed E-state index contributed by atoms with van der Waals surface area (Å²) in [6, 6.07) is 8.43. The molecule has 1 saturated carbocycles. The van der Waals surface area contributed by atoms with Crippen molar-refractivity contribution >= 4 is 0 Å². The molecule has 1 atom stereocenters. The van der Waals surface area contributed by atoms with E-state index in [0.29, 0.717) is 12.7 Å². The fourth-order valence-electron chi connectivity index (χ4n) is 2.55. The lowest BCUT2D eigenvalue weighted by Gasteiger charge is -2.27. The highest BCUT2D eigenvalue weighted by molar-refractivity contribution is 5.23. The van der Waals surface area contributed by atoms with E-state index in [1.807, 2.05) is 0 Å². The largest absolute Gasteiger partial charge is 0.376 e. The Morgan fingerprint density at radius 2 is 1.78 bits per heavy atom. The summed E-state index contributed by atoms with van der Waals surface area (Å²) in [5, 5.41) is 0. The molecule has 1 aliphatic carbocycles. The molecule has 0 aromatic heterocycles. The first-order valence-electron chi connectivity index (χ1n) is 7.09. The van der Waals surface area contributed by atoms with Gasteiger partial charge in [0, 0.05) is 0 Å². The third-order valence-electron chi connectivity index (χ3n) is 3.98. The Balaban J connectivity index is 1.77. The van der Waals surface area contributed by atoms with Gasteiger partial charge in [0.15, 0.2) is 0 Å². The molecular formula is C16H25NO. The maximum absolute atomic E-state index is 6.16. The molecular weight excluding hydrogens is 222 g/mol. The third-order valence-corrected chi connectivity index (χ3v) is 3.98. The van der Waals surface area contributed by atoms with Gasteiger partial charge in [0.1, 0.15) is 0 Å². The third kappa shape index (κ3) is 3.82. The number of hydrogen-bond donors (Lipinski definition) is 1. The highest BCUT2D eigenvalue weighted by Gasteiger charge is 2.19. The van der Waals surface area contributed by atoms with Crippen LogP contribution in [0.4, 0.5) is 0 Å². The molecule has 0 heterocycles. The molecule has 2 heteroatoms. The Morgan fingerprint density at radius 3 is 2.39 bits per heavy atom. The Kier molecular flexibility index (Phi) is 4.79. The van der Waals surface area contributed by atoms with E-state index >= 15 is 0 Å². The van der Waals surface area contributed by atoms with Crippen LogP contribution in [-0.2, 0) is 4.74 Å². The van der Waals surface area contributed by atoms with E-state index < -0.39 is 0 Å². The summed E-state index contributed by atoms with van der Waals surface area (Å²) < 4.78 is 5.95. The van der Waals surface area contributed by atoms with Crippen LogP contribution in [0.25, 0.3) is 0 Å². The minimum absolute atomic E-state index is 0.00458. The van der Waals surface area contributed by atoms with E-state index in [-0.39, 0.29) is 6.04 Å². The van der Waals surface area contributed by atoms with Gasteiger partial charge in [-0.05, 0) is 44.1 Å². The molecule has 0 amide bonds. The van der Waals surface area contributed by atoms with Crippen molar-refractivity contribution in [2.75, 3.05) is 6.61 Å². The summed E-state index contributed by atoms with van der Waals surface area (Å²) in [5.74, 6) is 0.871. The summed E-state index contributed by atoms with van der Waals surface area (Å²) in [4.78, 5) is 0. The summed E-state index contributed by atoms with van der Waals surface area (Å²) in [7, 11) is 0. The van der Waals surface area contributed by atoms with E-state index in [2.05, 4.69) is 38.1 Å². The van der Waals surface area contributed by atoms with Gasteiger partial charge in [-0.25, -0.2) is 0 Å². The van der Waals surface area contributed by atoms with Crippen LogP contribution in [-0.4, -0.2) is 12.7 Å². The molecule has 18 heavy (non-hydrogen) atoms. The first kappa shape index (κ1) is 13.6. The molecule has 2 N–H and O–H groups in total. The standard InChI is InChI=1S/C16H25NO/c1-12-3-7-14(8-4-12)16(17)11-18-15-9-5-13(2)6-10-15/h3-4,7-8,13,15-16H,5-6,9-11,17H2,1-2H3. The number of aryl methyl sites for hydroxylation is 1. The van der Waals surface area contributed by atoms with E-state index in [4.69, 9.17) is 10.5 Å². The van der Waals surface area contributed by atoms with E-state index in [1.165, 1.54) is 36.8 Å². The maximum Gasteiger partial charge on any atom is 0.0663 e. The Morgan fingerprint density at radius 1 is 1.17 bits per heavy atom. The number of nitrogens with two attached hydrogens (primary N) is 1. The van der Waals surface area contributed by atoms with Crippen LogP contribution in [0.5, 0.6) is 0 Å². The van der Waals surface area contributed by atoms with Crippen molar-refractivity contribution in [3.63, 3.8) is 0 Å². The minimum Gasteiger partial charge on any atom is -0.376 e. The molecule has 2 nitrogen and oxygen atoms in total. The van der Waals surface area contributed by atoms with Gasteiger partial charge >= 0.3 is 0 Å². The van der Waals surface area contributed by atoms with Crippen LogP contribution < -0.4 is 5.73 Å². The molecule has 1 fully saturated rings. The molecule has 1 unspecified atom stereocenters. The predicted molar refractivity (Wildman–Crippen MR) is 75.5 cm³/mol. The van der Waals surface area contributed by atoms with Gasteiger partial charge in [0.2, 0.25) is 0 Å². The van der Waals surface area contributed by atoms with Gasteiger partial charge in [-0.1, -0.05) is 36.8 Å². The van der Waals surface area contributed by atoms with Gasteiger partial charge in [-0.3, -0.25) is 0 Å². The van der Waals surface area contributed by atoms with E-state index in [9.17, 15) is 0 Å². The molecule has 100 valence electrons. The van der Waals surface area contributed by atoms with E-state index in [1.54, 1.807) is 0 Å². The van der Waals surface area contributed by atoms with Gasteiger partial charge in [0.05, 0.1) is 18.8 Å². The second kappa shape index (κ2) is 6.35. The first-order chi connectivity index (χ1) is 8.65.